The highest BCUT2D eigenvalue weighted by molar-refractivity contribution is 14.0. The number of guanidine groups is 1. The lowest BCUT2D eigenvalue weighted by atomic mass is 10.4. The monoisotopic (exact) mass is 463 g/mol. The van der Waals surface area contributed by atoms with E-state index in [1.165, 1.54) is 0 Å². The quantitative estimate of drug-likeness (QED) is 0.184. The Bertz CT molecular complexity index is 427. The van der Waals surface area contributed by atoms with Gasteiger partial charge in [-0.25, -0.2) is 13.1 Å². The Morgan fingerprint density at radius 2 is 1.87 bits per heavy atom. The van der Waals surface area contributed by atoms with E-state index in [9.17, 15) is 8.42 Å². The number of halogens is 1. The molecular formula is C13H30IN5O3S. The predicted molar refractivity (Wildman–Crippen MR) is 104 cm³/mol. The maximum atomic E-state index is 11.3. The largest absolute Gasteiger partial charge is 0.379 e. The van der Waals surface area contributed by atoms with Gasteiger partial charge in [-0.1, -0.05) is 0 Å². The third-order valence-electron chi connectivity index (χ3n) is 3.25. The molecule has 0 spiro atoms. The molecule has 23 heavy (non-hydrogen) atoms. The van der Waals surface area contributed by atoms with Gasteiger partial charge in [-0.3, -0.25) is 9.89 Å². The molecule has 8 nitrogen and oxygen atoms in total. The summed E-state index contributed by atoms with van der Waals surface area (Å²) in [6.45, 7) is 10.4. The minimum absolute atomic E-state index is 0. The molecule has 3 N–H and O–H groups in total. The molecule has 0 aromatic carbocycles. The average Bonchev–Trinajstić information content (AvgIpc) is 2.52. The fraction of sp³-hybridized carbons (Fsp3) is 0.923. The third-order valence-corrected chi connectivity index (χ3v) is 4.66. The maximum Gasteiger partial charge on any atom is 0.211 e. The Balaban J connectivity index is 0.00000484. The molecule has 1 aliphatic heterocycles. The van der Waals surface area contributed by atoms with Gasteiger partial charge in [0.2, 0.25) is 10.0 Å². The SMILES string of the molecule is CCNC(=NCCNS(=O)(=O)CC)NCCN1CCOCC1.I. The van der Waals surface area contributed by atoms with Crippen LogP contribution in [-0.4, -0.2) is 84.1 Å². The molecule has 0 aromatic rings. The first-order valence-electron chi connectivity index (χ1n) is 7.87. The van der Waals surface area contributed by atoms with Gasteiger partial charge in [-0.15, -0.1) is 24.0 Å². The minimum atomic E-state index is -3.14. The van der Waals surface area contributed by atoms with Crippen LogP contribution in [0.3, 0.4) is 0 Å². The number of nitrogens with zero attached hydrogens (tertiary/aromatic N) is 2. The molecule has 1 saturated heterocycles. The number of sulfonamides is 1. The lowest BCUT2D eigenvalue weighted by Gasteiger charge is -2.26. The molecule has 138 valence electrons. The van der Waals surface area contributed by atoms with Crippen LogP contribution in [0.2, 0.25) is 0 Å². The second-order valence-electron chi connectivity index (χ2n) is 4.94. The third kappa shape index (κ3) is 11.1. The highest BCUT2D eigenvalue weighted by Crippen LogP contribution is 1.94. The first kappa shape index (κ1) is 22.8. The smallest absolute Gasteiger partial charge is 0.211 e. The van der Waals surface area contributed by atoms with E-state index >= 15 is 0 Å². The van der Waals surface area contributed by atoms with Crippen LogP contribution in [0.5, 0.6) is 0 Å². The summed E-state index contributed by atoms with van der Waals surface area (Å²) < 4.78 is 30.4. The van der Waals surface area contributed by atoms with Crippen molar-refractivity contribution in [3.63, 3.8) is 0 Å². The molecule has 1 fully saturated rings. The number of nitrogens with one attached hydrogen (secondary N) is 3. The molecule has 0 atom stereocenters. The highest BCUT2D eigenvalue weighted by atomic mass is 127. The molecule has 0 aromatic heterocycles. The van der Waals surface area contributed by atoms with Crippen LogP contribution in [0.25, 0.3) is 0 Å². The molecule has 0 radical (unpaired) electrons. The van der Waals surface area contributed by atoms with Gasteiger partial charge in [0.15, 0.2) is 5.96 Å². The first-order valence-corrected chi connectivity index (χ1v) is 9.52. The molecule has 1 rings (SSSR count). The lowest BCUT2D eigenvalue weighted by molar-refractivity contribution is 0.0389. The van der Waals surface area contributed by atoms with Crippen molar-refractivity contribution in [1.29, 1.82) is 0 Å². The van der Waals surface area contributed by atoms with E-state index in [2.05, 4.69) is 25.2 Å². The van der Waals surface area contributed by atoms with Crippen molar-refractivity contribution in [1.82, 2.24) is 20.3 Å². The molecule has 1 aliphatic rings. The summed E-state index contributed by atoms with van der Waals surface area (Å²) in [6, 6.07) is 0. The van der Waals surface area contributed by atoms with Crippen molar-refractivity contribution in [2.75, 3.05) is 64.8 Å². The summed E-state index contributed by atoms with van der Waals surface area (Å²) in [6.07, 6.45) is 0. The van der Waals surface area contributed by atoms with E-state index in [0.717, 1.165) is 45.9 Å². The summed E-state index contributed by atoms with van der Waals surface area (Å²) in [4.78, 5) is 6.70. The topological polar surface area (TPSA) is 95.1 Å². The minimum Gasteiger partial charge on any atom is -0.379 e. The summed E-state index contributed by atoms with van der Waals surface area (Å²) in [7, 11) is -3.14. The number of rotatable bonds is 9. The van der Waals surface area contributed by atoms with Crippen molar-refractivity contribution < 1.29 is 13.2 Å². The maximum absolute atomic E-state index is 11.3. The van der Waals surface area contributed by atoms with Gasteiger partial charge in [0, 0.05) is 39.3 Å². The number of hydrogen-bond acceptors (Lipinski definition) is 5. The Hall–Kier alpha value is -0.170. The van der Waals surface area contributed by atoms with E-state index in [1.54, 1.807) is 6.92 Å². The zero-order chi connectivity index (χ0) is 16.3. The highest BCUT2D eigenvalue weighted by Gasteiger charge is 2.09. The zero-order valence-electron chi connectivity index (χ0n) is 14.0. The second kappa shape index (κ2) is 13.2. The van der Waals surface area contributed by atoms with E-state index in [4.69, 9.17) is 4.74 Å². The van der Waals surface area contributed by atoms with Crippen LogP contribution < -0.4 is 15.4 Å². The van der Waals surface area contributed by atoms with Gasteiger partial charge < -0.3 is 15.4 Å². The van der Waals surface area contributed by atoms with Crippen molar-refractivity contribution in [2.24, 2.45) is 4.99 Å². The molecular weight excluding hydrogens is 433 g/mol. The molecule has 10 heteroatoms. The first-order chi connectivity index (χ1) is 10.6. The fourth-order valence-electron chi connectivity index (χ4n) is 1.97. The van der Waals surface area contributed by atoms with Gasteiger partial charge in [0.05, 0.1) is 25.5 Å². The van der Waals surface area contributed by atoms with Crippen molar-refractivity contribution in [3.8, 4) is 0 Å². The Morgan fingerprint density at radius 3 is 2.48 bits per heavy atom. The van der Waals surface area contributed by atoms with Crippen LogP contribution in [0.1, 0.15) is 13.8 Å². The van der Waals surface area contributed by atoms with Crippen molar-refractivity contribution in [3.05, 3.63) is 0 Å². The summed E-state index contributed by atoms with van der Waals surface area (Å²) in [5.41, 5.74) is 0. The Labute approximate surface area is 156 Å². The fourth-order valence-corrected chi connectivity index (χ4v) is 2.58. The standard InChI is InChI=1S/C13H29N5O3S.HI/c1-3-14-13(15-5-6-17-22(19,20)4-2)16-7-8-18-9-11-21-12-10-18;/h17H,3-12H2,1-2H3,(H2,14,15,16);1H. The van der Waals surface area contributed by atoms with E-state index in [1.807, 2.05) is 6.92 Å². The predicted octanol–water partition coefficient (Wildman–Crippen LogP) is -0.569. The number of hydrogen-bond donors (Lipinski definition) is 3. The summed E-state index contributed by atoms with van der Waals surface area (Å²) in [5, 5.41) is 6.41. The van der Waals surface area contributed by atoms with Crippen LogP contribution in [0.4, 0.5) is 0 Å². The van der Waals surface area contributed by atoms with Gasteiger partial charge in [-0.2, -0.15) is 0 Å². The van der Waals surface area contributed by atoms with Gasteiger partial charge in [0.25, 0.3) is 0 Å². The second-order valence-corrected chi connectivity index (χ2v) is 7.03. The zero-order valence-corrected chi connectivity index (χ0v) is 17.2. The van der Waals surface area contributed by atoms with Crippen molar-refractivity contribution in [2.45, 2.75) is 13.8 Å². The average molecular weight is 463 g/mol. The van der Waals surface area contributed by atoms with Gasteiger partial charge in [0.1, 0.15) is 0 Å². The normalized spacial score (nSPS) is 16.7. The van der Waals surface area contributed by atoms with Gasteiger partial charge >= 0.3 is 0 Å². The van der Waals surface area contributed by atoms with E-state index < -0.39 is 10.0 Å². The van der Waals surface area contributed by atoms with Crippen LogP contribution in [0, 0.1) is 0 Å². The summed E-state index contributed by atoms with van der Waals surface area (Å²) in [5.74, 6) is 0.806. The van der Waals surface area contributed by atoms with Gasteiger partial charge in [-0.05, 0) is 13.8 Å². The number of ether oxygens (including phenoxy) is 1. The Morgan fingerprint density at radius 1 is 1.17 bits per heavy atom. The molecule has 0 aliphatic carbocycles. The van der Waals surface area contributed by atoms with E-state index in [-0.39, 0.29) is 29.7 Å². The lowest BCUT2D eigenvalue weighted by Crippen LogP contribution is -2.44. The van der Waals surface area contributed by atoms with Crippen LogP contribution in [-0.2, 0) is 14.8 Å². The molecule has 0 bridgehead atoms. The molecule has 0 saturated carbocycles. The Kier molecular flexibility index (Phi) is 13.1. The van der Waals surface area contributed by atoms with Crippen LogP contribution in [0.15, 0.2) is 4.99 Å². The van der Waals surface area contributed by atoms with Crippen molar-refractivity contribution >= 4 is 40.0 Å². The number of aliphatic imine (C=N–C) groups is 1. The number of morpholine rings is 1. The molecule has 0 amide bonds. The summed E-state index contributed by atoms with van der Waals surface area (Å²) >= 11 is 0. The van der Waals surface area contributed by atoms with E-state index in [0.29, 0.717) is 19.0 Å². The molecule has 1 heterocycles. The van der Waals surface area contributed by atoms with Crippen LogP contribution >= 0.6 is 24.0 Å². The molecule has 0 unspecified atom stereocenters.